The van der Waals surface area contributed by atoms with E-state index >= 15 is 0 Å². The lowest BCUT2D eigenvalue weighted by Crippen LogP contribution is -2.22. The summed E-state index contributed by atoms with van der Waals surface area (Å²) in [7, 11) is 0. The Labute approximate surface area is 144 Å². The number of hydrogen-bond donors (Lipinski definition) is 3. The van der Waals surface area contributed by atoms with Crippen molar-refractivity contribution in [2.45, 2.75) is 0 Å². The highest BCUT2D eigenvalue weighted by atomic mass is 16.7. The van der Waals surface area contributed by atoms with Crippen molar-refractivity contribution in [1.29, 1.82) is 0 Å². The van der Waals surface area contributed by atoms with Gasteiger partial charge in [0.1, 0.15) is 17.0 Å². The molecule has 9 nitrogen and oxygen atoms in total. The summed E-state index contributed by atoms with van der Waals surface area (Å²) in [6.45, 7) is 0. The molecule has 0 saturated heterocycles. The van der Waals surface area contributed by atoms with Gasteiger partial charge >= 0.3 is 5.97 Å². The Morgan fingerprint density at radius 2 is 1.77 bits per heavy atom. The predicted octanol–water partition coefficient (Wildman–Crippen LogP) is 1.48. The summed E-state index contributed by atoms with van der Waals surface area (Å²) < 4.78 is 6.05. The van der Waals surface area contributed by atoms with E-state index in [1.54, 1.807) is 0 Å². The fourth-order valence-corrected chi connectivity index (χ4v) is 2.47. The molecule has 0 saturated carbocycles. The van der Waals surface area contributed by atoms with Crippen molar-refractivity contribution in [3.05, 3.63) is 58.3 Å². The summed E-state index contributed by atoms with van der Waals surface area (Å²) in [5.41, 5.74) is -0.120. The minimum absolute atomic E-state index is 0.0171. The van der Waals surface area contributed by atoms with Crippen molar-refractivity contribution in [1.82, 2.24) is 9.71 Å². The Morgan fingerprint density at radius 3 is 2.50 bits per heavy atom. The Hall–Kier alpha value is -4.01. The minimum Gasteiger partial charge on any atom is -0.508 e. The molecule has 26 heavy (non-hydrogen) atoms. The number of aromatic hydroxyl groups is 3. The molecule has 3 N–H and O–H groups in total. The van der Waals surface area contributed by atoms with E-state index in [1.807, 2.05) is 0 Å². The lowest BCUT2D eigenvalue weighted by Gasteiger charge is -2.11. The first-order chi connectivity index (χ1) is 12.4. The average Bonchev–Trinajstić information content (AvgIpc) is 2.91. The number of rotatable bonds is 2. The number of carbonyl (C=O) groups is 1. The Kier molecular flexibility index (Phi) is 3.29. The molecule has 1 aromatic heterocycles. The molecule has 9 heteroatoms. The second kappa shape index (κ2) is 5.52. The Balaban J connectivity index is 1.88. The molecular weight excluding hydrogens is 344 g/mol. The maximum absolute atomic E-state index is 12.4. The van der Waals surface area contributed by atoms with E-state index in [4.69, 9.17) is 9.25 Å². The lowest BCUT2D eigenvalue weighted by atomic mass is 10.1. The van der Waals surface area contributed by atoms with Crippen LogP contribution in [0.15, 0.2) is 51.7 Å². The summed E-state index contributed by atoms with van der Waals surface area (Å²) in [4.78, 5) is 33.5. The molecule has 2 aliphatic rings. The third-order valence-electron chi connectivity index (χ3n) is 3.64. The van der Waals surface area contributed by atoms with Crippen LogP contribution in [0, 0.1) is 0 Å². The van der Waals surface area contributed by atoms with Gasteiger partial charge in [0.05, 0.1) is 5.56 Å². The van der Waals surface area contributed by atoms with Crippen molar-refractivity contribution in [2.75, 3.05) is 0 Å². The quantitative estimate of drug-likeness (QED) is 0.461. The Morgan fingerprint density at radius 1 is 1.04 bits per heavy atom. The fraction of sp³-hybridized carbons (Fsp3) is 0. The van der Waals surface area contributed by atoms with Gasteiger partial charge in [0.15, 0.2) is 16.8 Å². The summed E-state index contributed by atoms with van der Waals surface area (Å²) in [5.74, 6) is -2.06. The van der Waals surface area contributed by atoms with Crippen molar-refractivity contribution in [3.63, 3.8) is 0 Å². The van der Waals surface area contributed by atoms with Crippen LogP contribution in [0.3, 0.4) is 0 Å². The van der Waals surface area contributed by atoms with Gasteiger partial charge in [-0.1, -0.05) is 0 Å². The average molecular weight is 354 g/mol. The molecule has 0 atom stereocenters. The molecule has 0 radical (unpaired) electrons. The molecule has 1 aliphatic carbocycles. The van der Waals surface area contributed by atoms with Crippen molar-refractivity contribution in [3.8, 4) is 29.0 Å². The van der Waals surface area contributed by atoms with E-state index in [0.717, 1.165) is 24.3 Å². The van der Waals surface area contributed by atoms with Crippen LogP contribution in [-0.4, -0.2) is 31.0 Å². The fourth-order valence-electron chi connectivity index (χ4n) is 2.47. The normalized spacial score (nSPS) is 11.1. The molecular formula is C17H10N2O7. The van der Waals surface area contributed by atoms with Gasteiger partial charge < -0.3 is 24.6 Å². The van der Waals surface area contributed by atoms with E-state index in [-0.39, 0.29) is 28.4 Å². The van der Waals surface area contributed by atoms with Gasteiger partial charge in [-0.2, -0.15) is 0 Å². The van der Waals surface area contributed by atoms with Crippen LogP contribution in [0.2, 0.25) is 0 Å². The van der Waals surface area contributed by atoms with E-state index in [0.29, 0.717) is 10.2 Å². The zero-order valence-electron chi connectivity index (χ0n) is 12.9. The van der Waals surface area contributed by atoms with E-state index in [9.17, 15) is 24.9 Å². The van der Waals surface area contributed by atoms with E-state index in [2.05, 4.69) is 4.98 Å². The molecule has 0 amide bonds. The highest BCUT2D eigenvalue weighted by Gasteiger charge is 2.23. The van der Waals surface area contributed by atoms with Gasteiger partial charge in [-0.05, 0) is 12.1 Å². The third-order valence-corrected chi connectivity index (χ3v) is 3.64. The maximum atomic E-state index is 12.4. The molecule has 2 aromatic rings. The van der Waals surface area contributed by atoms with E-state index in [1.165, 1.54) is 18.2 Å². The van der Waals surface area contributed by atoms with Crippen LogP contribution in [0.5, 0.6) is 17.5 Å². The molecule has 1 aliphatic heterocycles. The highest BCUT2D eigenvalue weighted by Crippen LogP contribution is 2.29. The van der Waals surface area contributed by atoms with Crippen LogP contribution in [-0.2, 0) is 0 Å². The van der Waals surface area contributed by atoms with Crippen LogP contribution >= 0.6 is 0 Å². The second-order valence-corrected chi connectivity index (χ2v) is 5.41. The van der Waals surface area contributed by atoms with Crippen LogP contribution in [0.1, 0.15) is 10.4 Å². The second-order valence-electron chi connectivity index (χ2n) is 5.41. The number of nitrogens with zero attached hydrogens (tertiary/aromatic N) is 2. The number of hydrogen-bond acceptors (Lipinski definition) is 8. The molecule has 0 unspecified atom stereocenters. The standard InChI is InChI=1S/C17H10N2O7/c20-8-1-2-11-12(6-8)25-13-7-9(21)5-10(16(13)18-11)17(24)26-19-14(22)3-4-15(19)23/h1-7,20,22-23H. The smallest absolute Gasteiger partial charge is 0.366 e. The highest BCUT2D eigenvalue weighted by molar-refractivity contribution is 5.97. The summed E-state index contributed by atoms with van der Waals surface area (Å²) in [6, 6.07) is 8.61. The predicted molar refractivity (Wildman–Crippen MR) is 87.2 cm³/mol. The molecule has 0 spiro atoms. The summed E-state index contributed by atoms with van der Waals surface area (Å²) in [5, 5.41) is 28.7. The number of phenolic OH excluding ortho intramolecular Hbond substituents is 1. The lowest BCUT2D eigenvalue weighted by molar-refractivity contribution is 0.0382. The molecule has 1 aromatic carbocycles. The molecule has 0 fully saturated rings. The van der Waals surface area contributed by atoms with Crippen molar-refractivity contribution >= 4 is 17.1 Å². The summed E-state index contributed by atoms with van der Waals surface area (Å²) >= 11 is 0. The molecule has 0 bridgehead atoms. The Bertz CT molecular complexity index is 1170. The number of phenols is 1. The maximum Gasteiger partial charge on any atom is 0.366 e. The third kappa shape index (κ3) is 2.47. The van der Waals surface area contributed by atoms with Gasteiger partial charge in [-0.15, -0.1) is 4.73 Å². The van der Waals surface area contributed by atoms with Gasteiger partial charge in [-0.3, -0.25) is 4.79 Å². The topological polar surface area (TPSA) is 135 Å². The van der Waals surface area contributed by atoms with Crippen molar-refractivity contribution < 1.29 is 29.4 Å². The van der Waals surface area contributed by atoms with Crippen LogP contribution in [0.25, 0.3) is 22.6 Å². The zero-order valence-corrected chi connectivity index (χ0v) is 12.9. The van der Waals surface area contributed by atoms with Gasteiger partial charge in [0.25, 0.3) is 0 Å². The first kappa shape index (κ1) is 15.5. The number of fused-ring (bicyclic) bond motifs is 2. The number of benzene rings is 2. The van der Waals surface area contributed by atoms with Crippen molar-refractivity contribution in [2.24, 2.45) is 0 Å². The minimum atomic E-state index is -1.03. The van der Waals surface area contributed by atoms with E-state index < -0.39 is 23.2 Å². The SMILES string of the molecule is O=C(On1c(O)ccc1O)c1cc(=O)cc2oc3cc(O)ccc3nc1-2. The van der Waals surface area contributed by atoms with Gasteiger partial charge in [0, 0.05) is 30.3 Å². The number of aromatic nitrogens is 2. The first-order valence-electron chi connectivity index (χ1n) is 7.32. The van der Waals surface area contributed by atoms with Gasteiger partial charge in [-0.25, -0.2) is 9.78 Å². The van der Waals surface area contributed by atoms with Gasteiger partial charge in [0.2, 0.25) is 11.8 Å². The summed E-state index contributed by atoms with van der Waals surface area (Å²) in [6.07, 6.45) is 0. The first-order valence-corrected chi connectivity index (χ1v) is 7.32. The zero-order chi connectivity index (χ0) is 18.4. The number of carbonyl (C=O) groups excluding carboxylic acids is 1. The van der Waals surface area contributed by atoms with Crippen LogP contribution < -0.4 is 10.3 Å². The molecule has 4 rings (SSSR count). The monoisotopic (exact) mass is 354 g/mol. The van der Waals surface area contributed by atoms with Crippen LogP contribution in [0.4, 0.5) is 0 Å². The molecule has 2 heterocycles. The molecule has 130 valence electrons. The largest absolute Gasteiger partial charge is 0.508 e.